The second-order valence-corrected chi connectivity index (χ2v) is 5.90. The number of aryl methyl sites for hydroxylation is 2. The summed E-state index contributed by atoms with van der Waals surface area (Å²) < 4.78 is 2.24. The normalized spacial score (nSPS) is 28.6. The van der Waals surface area contributed by atoms with E-state index in [-0.39, 0.29) is 0 Å². The molecular formula is C15H27N3. The van der Waals surface area contributed by atoms with Crippen LogP contribution in [0.4, 0.5) is 0 Å². The second kappa shape index (κ2) is 5.87. The van der Waals surface area contributed by atoms with Crippen molar-refractivity contribution in [2.75, 3.05) is 6.54 Å². The number of aromatic nitrogens is 2. The lowest BCUT2D eigenvalue weighted by Gasteiger charge is -2.36. The van der Waals surface area contributed by atoms with Crippen LogP contribution in [0.25, 0.3) is 0 Å². The summed E-state index contributed by atoms with van der Waals surface area (Å²) in [6.07, 6.45) is 6.53. The highest BCUT2D eigenvalue weighted by Crippen LogP contribution is 2.39. The maximum Gasteiger partial charge on any atom is 0.0596 e. The molecule has 1 fully saturated rings. The molecule has 1 aliphatic rings. The van der Waals surface area contributed by atoms with Gasteiger partial charge in [-0.05, 0) is 57.6 Å². The van der Waals surface area contributed by atoms with Crippen molar-refractivity contribution < 1.29 is 0 Å². The van der Waals surface area contributed by atoms with Crippen molar-refractivity contribution in [1.29, 1.82) is 0 Å². The Hall–Kier alpha value is -0.830. The van der Waals surface area contributed by atoms with Gasteiger partial charge in [-0.15, -0.1) is 0 Å². The van der Waals surface area contributed by atoms with Gasteiger partial charge in [0.2, 0.25) is 0 Å². The first-order chi connectivity index (χ1) is 8.65. The van der Waals surface area contributed by atoms with Gasteiger partial charge in [0.25, 0.3) is 0 Å². The molecule has 1 saturated carbocycles. The summed E-state index contributed by atoms with van der Waals surface area (Å²) in [6, 6.07) is 2.70. The van der Waals surface area contributed by atoms with Crippen LogP contribution in [0, 0.1) is 25.7 Å². The van der Waals surface area contributed by atoms with Gasteiger partial charge in [-0.25, -0.2) is 0 Å². The van der Waals surface area contributed by atoms with E-state index in [9.17, 15) is 0 Å². The van der Waals surface area contributed by atoms with Crippen molar-refractivity contribution in [2.45, 2.75) is 58.9 Å². The van der Waals surface area contributed by atoms with Crippen LogP contribution in [0.3, 0.4) is 0 Å². The van der Waals surface area contributed by atoms with Crippen LogP contribution >= 0.6 is 0 Å². The van der Waals surface area contributed by atoms with E-state index in [4.69, 9.17) is 5.73 Å². The Morgan fingerprint density at radius 3 is 2.72 bits per heavy atom. The van der Waals surface area contributed by atoms with Crippen LogP contribution < -0.4 is 5.73 Å². The summed E-state index contributed by atoms with van der Waals surface area (Å²) >= 11 is 0. The third kappa shape index (κ3) is 2.77. The predicted molar refractivity (Wildman–Crippen MR) is 75.5 cm³/mol. The maximum absolute atomic E-state index is 5.97. The summed E-state index contributed by atoms with van der Waals surface area (Å²) in [5.41, 5.74) is 8.38. The van der Waals surface area contributed by atoms with E-state index in [1.54, 1.807) is 0 Å². The van der Waals surface area contributed by atoms with Crippen LogP contribution in [0.5, 0.6) is 0 Å². The summed E-state index contributed by atoms with van der Waals surface area (Å²) in [4.78, 5) is 0. The van der Waals surface area contributed by atoms with E-state index in [0.717, 1.165) is 18.2 Å². The molecule has 2 rings (SSSR count). The molecule has 18 heavy (non-hydrogen) atoms. The molecule has 3 atom stereocenters. The largest absolute Gasteiger partial charge is 0.330 e. The Kier molecular flexibility index (Phi) is 4.44. The molecule has 1 aromatic rings. The van der Waals surface area contributed by atoms with Crippen LogP contribution in [-0.4, -0.2) is 16.3 Å². The monoisotopic (exact) mass is 249 g/mol. The van der Waals surface area contributed by atoms with Crippen LogP contribution in [0.2, 0.25) is 0 Å². The third-order valence-electron chi connectivity index (χ3n) is 4.42. The average molecular weight is 249 g/mol. The summed E-state index contributed by atoms with van der Waals surface area (Å²) in [7, 11) is 0. The Bertz CT molecular complexity index is 383. The molecule has 2 N–H and O–H groups in total. The molecule has 1 aromatic heterocycles. The number of rotatable bonds is 4. The molecule has 3 heteroatoms. The van der Waals surface area contributed by atoms with Gasteiger partial charge < -0.3 is 5.73 Å². The fourth-order valence-electron chi connectivity index (χ4n) is 3.52. The zero-order valence-electron chi connectivity index (χ0n) is 12.0. The molecule has 102 valence electrons. The molecule has 0 radical (unpaired) electrons. The Morgan fingerprint density at radius 2 is 2.17 bits per heavy atom. The third-order valence-corrected chi connectivity index (χ3v) is 4.42. The van der Waals surface area contributed by atoms with Gasteiger partial charge in [-0.2, -0.15) is 5.10 Å². The van der Waals surface area contributed by atoms with Crippen molar-refractivity contribution in [3.63, 3.8) is 0 Å². The standard InChI is InChI=1S/C15H27N3/c1-4-5-13-6-7-14(10-16)15(9-13)18-12(3)8-11(2)17-18/h8,13-15H,4-7,9-10,16H2,1-3H3. The zero-order chi connectivity index (χ0) is 13.1. The molecule has 0 spiro atoms. The molecule has 0 aliphatic heterocycles. The van der Waals surface area contributed by atoms with E-state index in [2.05, 4.69) is 36.6 Å². The van der Waals surface area contributed by atoms with Crippen molar-refractivity contribution in [2.24, 2.45) is 17.6 Å². The highest BCUT2D eigenvalue weighted by atomic mass is 15.3. The Morgan fingerprint density at radius 1 is 1.39 bits per heavy atom. The van der Waals surface area contributed by atoms with E-state index in [1.165, 1.54) is 37.8 Å². The van der Waals surface area contributed by atoms with Crippen molar-refractivity contribution in [3.8, 4) is 0 Å². The van der Waals surface area contributed by atoms with Gasteiger partial charge in [0, 0.05) is 5.69 Å². The molecule has 3 unspecified atom stereocenters. The molecule has 0 bridgehead atoms. The fraction of sp³-hybridized carbons (Fsp3) is 0.800. The lowest BCUT2D eigenvalue weighted by molar-refractivity contribution is 0.167. The quantitative estimate of drug-likeness (QED) is 0.890. The highest BCUT2D eigenvalue weighted by Gasteiger charge is 2.31. The number of hydrogen-bond acceptors (Lipinski definition) is 2. The fourth-order valence-corrected chi connectivity index (χ4v) is 3.52. The minimum absolute atomic E-state index is 0.522. The molecule has 0 amide bonds. The predicted octanol–water partition coefficient (Wildman–Crippen LogP) is 3.22. The number of hydrogen-bond donors (Lipinski definition) is 1. The Labute approximate surface area is 111 Å². The summed E-state index contributed by atoms with van der Waals surface area (Å²) in [6.45, 7) is 7.32. The number of nitrogens with zero attached hydrogens (tertiary/aromatic N) is 2. The minimum Gasteiger partial charge on any atom is -0.330 e. The van der Waals surface area contributed by atoms with Crippen molar-refractivity contribution in [1.82, 2.24) is 9.78 Å². The minimum atomic E-state index is 0.522. The second-order valence-electron chi connectivity index (χ2n) is 5.90. The van der Waals surface area contributed by atoms with Gasteiger partial charge in [-0.3, -0.25) is 4.68 Å². The lowest BCUT2D eigenvalue weighted by atomic mass is 9.76. The van der Waals surface area contributed by atoms with Gasteiger partial charge >= 0.3 is 0 Å². The van der Waals surface area contributed by atoms with Gasteiger partial charge in [0.05, 0.1) is 11.7 Å². The summed E-state index contributed by atoms with van der Waals surface area (Å²) in [5.74, 6) is 1.47. The van der Waals surface area contributed by atoms with E-state index < -0.39 is 0 Å². The van der Waals surface area contributed by atoms with Gasteiger partial charge in [0.15, 0.2) is 0 Å². The number of nitrogens with two attached hydrogens (primary N) is 1. The molecule has 0 aromatic carbocycles. The molecule has 0 saturated heterocycles. The van der Waals surface area contributed by atoms with Crippen LogP contribution in [0.1, 0.15) is 56.5 Å². The first kappa shape index (κ1) is 13.6. The first-order valence-corrected chi connectivity index (χ1v) is 7.38. The van der Waals surface area contributed by atoms with Crippen molar-refractivity contribution >= 4 is 0 Å². The van der Waals surface area contributed by atoms with Gasteiger partial charge in [0.1, 0.15) is 0 Å². The highest BCUT2D eigenvalue weighted by molar-refractivity contribution is 5.08. The van der Waals surface area contributed by atoms with Crippen LogP contribution in [-0.2, 0) is 0 Å². The lowest BCUT2D eigenvalue weighted by Crippen LogP contribution is -2.33. The Balaban J connectivity index is 2.18. The van der Waals surface area contributed by atoms with Gasteiger partial charge in [-0.1, -0.05) is 19.8 Å². The van der Waals surface area contributed by atoms with Crippen LogP contribution in [0.15, 0.2) is 6.07 Å². The SMILES string of the molecule is CCCC1CCC(CN)C(n2nc(C)cc2C)C1. The first-order valence-electron chi connectivity index (χ1n) is 7.38. The van der Waals surface area contributed by atoms with E-state index in [1.807, 2.05) is 0 Å². The zero-order valence-corrected chi connectivity index (χ0v) is 12.0. The molecule has 3 nitrogen and oxygen atoms in total. The molecular weight excluding hydrogens is 222 g/mol. The van der Waals surface area contributed by atoms with E-state index in [0.29, 0.717) is 12.0 Å². The molecule has 1 aliphatic carbocycles. The van der Waals surface area contributed by atoms with E-state index >= 15 is 0 Å². The summed E-state index contributed by atoms with van der Waals surface area (Å²) in [5, 5.41) is 4.69. The smallest absolute Gasteiger partial charge is 0.0596 e. The topological polar surface area (TPSA) is 43.8 Å². The van der Waals surface area contributed by atoms with Crippen molar-refractivity contribution in [3.05, 3.63) is 17.5 Å². The molecule has 1 heterocycles. The average Bonchev–Trinajstić information content (AvgIpc) is 2.69. The maximum atomic E-state index is 5.97.